The maximum absolute atomic E-state index is 4.62. The van der Waals surface area contributed by atoms with Crippen LogP contribution in [0.4, 0.5) is 5.69 Å². The van der Waals surface area contributed by atoms with E-state index in [1.54, 1.807) is 18.6 Å². The highest BCUT2D eigenvalue weighted by atomic mass is 15.2. The van der Waals surface area contributed by atoms with Crippen LogP contribution < -0.4 is 5.32 Å². The molecule has 0 aliphatic rings. The van der Waals surface area contributed by atoms with E-state index in [2.05, 4.69) is 77.3 Å². The largest absolute Gasteiger partial charge is 0.358 e. The average molecular weight is 521 g/mol. The number of benzene rings is 1. The van der Waals surface area contributed by atoms with Gasteiger partial charge in [0.05, 0.1) is 29.0 Å². The first-order valence-electron chi connectivity index (χ1n) is 12.9. The van der Waals surface area contributed by atoms with E-state index in [-0.39, 0.29) is 0 Å². The fourth-order valence-corrected chi connectivity index (χ4v) is 4.93. The Bertz CT molecular complexity index is 1970. The first kappa shape index (κ1) is 23.5. The van der Waals surface area contributed by atoms with Crippen molar-refractivity contribution in [3.63, 3.8) is 0 Å². The van der Waals surface area contributed by atoms with Crippen molar-refractivity contribution in [1.82, 2.24) is 35.1 Å². The lowest BCUT2D eigenvalue weighted by Crippen LogP contribution is -2.02. The number of anilines is 1. The lowest BCUT2D eigenvalue weighted by atomic mass is 10.1. The van der Waals surface area contributed by atoms with E-state index in [9.17, 15) is 0 Å². The third-order valence-electron chi connectivity index (χ3n) is 6.80. The molecule has 0 aliphatic carbocycles. The van der Waals surface area contributed by atoms with E-state index in [0.717, 1.165) is 68.0 Å². The summed E-state index contributed by atoms with van der Waals surface area (Å²) in [5, 5.41) is 12.9. The van der Waals surface area contributed by atoms with Crippen LogP contribution in [0.2, 0.25) is 0 Å². The molecule has 7 rings (SSSR count). The number of aromatic nitrogens is 7. The number of aromatic amines is 2. The van der Waals surface area contributed by atoms with Crippen LogP contribution in [-0.2, 0) is 6.42 Å². The zero-order valence-electron chi connectivity index (χ0n) is 21.5. The van der Waals surface area contributed by atoms with Crippen LogP contribution in [0.3, 0.4) is 0 Å². The van der Waals surface area contributed by atoms with E-state index in [1.807, 2.05) is 54.9 Å². The predicted octanol–water partition coefficient (Wildman–Crippen LogP) is 6.79. The first-order valence-corrected chi connectivity index (χ1v) is 12.9. The van der Waals surface area contributed by atoms with Crippen LogP contribution in [0.1, 0.15) is 5.56 Å². The van der Waals surface area contributed by atoms with Gasteiger partial charge in [-0.05, 0) is 42.0 Å². The van der Waals surface area contributed by atoms with E-state index in [1.165, 1.54) is 5.56 Å². The van der Waals surface area contributed by atoms with Gasteiger partial charge in [0.25, 0.3) is 0 Å². The van der Waals surface area contributed by atoms with Gasteiger partial charge < -0.3 is 10.3 Å². The van der Waals surface area contributed by atoms with Gasteiger partial charge in [0.1, 0.15) is 5.65 Å². The molecule has 0 radical (unpaired) electrons. The van der Waals surface area contributed by atoms with Crippen molar-refractivity contribution in [3.05, 3.63) is 122 Å². The van der Waals surface area contributed by atoms with Crippen LogP contribution >= 0.6 is 0 Å². The van der Waals surface area contributed by atoms with Crippen LogP contribution in [0.15, 0.2) is 116 Å². The Morgan fingerprint density at radius 2 is 1.68 bits per heavy atom. The molecule has 0 saturated heterocycles. The summed E-state index contributed by atoms with van der Waals surface area (Å²) >= 11 is 0. The molecule has 6 aromatic heterocycles. The van der Waals surface area contributed by atoms with Crippen molar-refractivity contribution < 1.29 is 0 Å². The average Bonchev–Trinajstić information content (AvgIpc) is 3.62. The zero-order chi connectivity index (χ0) is 26.9. The van der Waals surface area contributed by atoms with E-state index < -0.39 is 0 Å². The second kappa shape index (κ2) is 9.92. The Balaban J connectivity index is 1.21. The molecule has 0 atom stereocenters. The molecule has 0 aliphatic heterocycles. The summed E-state index contributed by atoms with van der Waals surface area (Å²) in [6.45, 7) is 4.19. The number of hydrogen-bond donors (Lipinski definition) is 3. The molecule has 0 amide bonds. The first-order chi connectivity index (χ1) is 19.7. The van der Waals surface area contributed by atoms with E-state index in [4.69, 9.17) is 0 Å². The highest BCUT2D eigenvalue weighted by Gasteiger charge is 2.16. The van der Waals surface area contributed by atoms with Gasteiger partial charge in [0.2, 0.25) is 0 Å². The molecule has 8 heteroatoms. The lowest BCUT2D eigenvalue weighted by Gasteiger charge is -2.11. The number of allylic oxidation sites excluding steroid dienone is 1. The summed E-state index contributed by atoms with van der Waals surface area (Å²) in [4.78, 5) is 21.6. The van der Waals surface area contributed by atoms with Gasteiger partial charge in [-0.1, -0.05) is 43.0 Å². The lowest BCUT2D eigenvalue weighted by molar-refractivity contribution is 1.10. The highest BCUT2D eigenvalue weighted by molar-refractivity contribution is 5.99. The summed E-state index contributed by atoms with van der Waals surface area (Å²) in [7, 11) is 0. The minimum Gasteiger partial charge on any atom is -0.358 e. The summed E-state index contributed by atoms with van der Waals surface area (Å²) in [6.07, 6.45) is 9.77. The van der Waals surface area contributed by atoms with Gasteiger partial charge in [0, 0.05) is 64.4 Å². The predicted molar refractivity (Wildman–Crippen MR) is 158 cm³/mol. The van der Waals surface area contributed by atoms with Gasteiger partial charge in [0.15, 0.2) is 5.65 Å². The molecule has 40 heavy (non-hydrogen) atoms. The van der Waals surface area contributed by atoms with Gasteiger partial charge in [-0.15, -0.1) is 0 Å². The Kier molecular flexibility index (Phi) is 5.82. The van der Waals surface area contributed by atoms with Crippen LogP contribution in [-0.4, -0.2) is 35.1 Å². The topological polar surface area (TPSA) is 108 Å². The van der Waals surface area contributed by atoms with Crippen LogP contribution in [0.5, 0.6) is 0 Å². The van der Waals surface area contributed by atoms with Crippen LogP contribution in [0, 0.1) is 0 Å². The van der Waals surface area contributed by atoms with Crippen LogP contribution in [0.25, 0.3) is 55.8 Å². The maximum atomic E-state index is 4.62. The second-order valence-electron chi connectivity index (χ2n) is 9.57. The molecular formula is C32H24N8. The standard InChI is InChI=1S/C32H24N8/c1-20(13-21-7-3-2-4-8-21)37-24-14-22(17-33-19-24)23-15-27-30(39-40-32(27)36-18-23)29-16-26-25(10-12-35-31(26)38-29)28-9-5-6-11-34-28/h2-12,14-19,37H,1,13H2,(H,35,38)(H,36,39,40). The van der Waals surface area contributed by atoms with Crippen molar-refractivity contribution in [2.75, 3.05) is 5.32 Å². The highest BCUT2D eigenvalue weighted by Crippen LogP contribution is 2.33. The minimum absolute atomic E-state index is 0.633. The van der Waals surface area contributed by atoms with Crippen molar-refractivity contribution >= 4 is 27.8 Å². The quantitative estimate of drug-likeness (QED) is 0.213. The van der Waals surface area contributed by atoms with Gasteiger partial charge in [-0.2, -0.15) is 5.10 Å². The fraction of sp³-hybridized carbons (Fsp3) is 0.0312. The molecule has 0 unspecified atom stereocenters. The summed E-state index contributed by atoms with van der Waals surface area (Å²) < 4.78 is 0. The number of rotatable bonds is 7. The van der Waals surface area contributed by atoms with Gasteiger partial charge in [-0.25, -0.2) is 9.97 Å². The van der Waals surface area contributed by atoms with Crippen molar-refractivity contribution in [3.8, 4) is 33.8 Å². The third-order valence-corrected chi connectivity index (χ3v) is 6.80. The summed E-state index contributed by atoms with van der Waals surface area (Å²) in [6, 6.07) is 24.3. The molecule has 0 fully saturated rings. The SMILES string of the molecule is C=C(Cc1ccccc1)Nc1cncc(-c2cnc3n[nH]c(-c4cc5c(-c6ccccn6)ccnc5[nH]4)c3c2)c1. The number of nitrogens with zero attached hydrogens (tertiary/aromatic N) is 5. The maximum Gasteiger partial charge on any atom is 0.181 e. The fourth-order valence-electron chi connectivity index (χ4n) is 4.93. The smallest absolute Gasteiger partial charge is 0.181 e. The molecule has 8 nitrogen and oxygen atoms in total. The Morgan fingerprint density at radius 3 is 2.55 bits per heavy atom. The molecule has 7 aromatic rings. The molecular weight excluding hydrogens is 496 g/mol. The molecule has 0 spiro atoms. The zero-order valence-corrected chi connectivity index (χ0v) is 21.5. The normalized spacial score (nSPS) is 11.2. The Labute approximate surface area is 229 Å². The number of hydrogen-bond acceptors (Lipinski definition) is 6. The Hall–Kier alpha value is -5.63. The summed E-state index contributed by atoms with van der Waals surface area (Å²) in [5.74, 6) is 0. The van der Waals surface area contributed by atoms with Crippen molar-refractivity contribution in [2.24, 2.45) is 0 Å². The number of fused-ring (bicyclic) bond motifs is 2. The molecule has 192 valence electrons. The summed E-state index contributed by atoms with van der Waals surface area (Å²) in [5.41, 5.74) is 9.88. The second-order valence-corrected chi connectivity index (χ2v) is 9.57. The Morgan fingerprint density at radius 1 is 0.800 bits per heavy atom. The molecule has 6 heterocycles. The molecule has 1 aromatic carbocycles. The number of nitrogens with one attached hydrogen (secondary N) is 3. The van der Waals surface area contributed by atoms with Crippen molar-refractivity contribution in [2.45, 2.75) is 6.42 Å². The van der Waals surface area contributed by atoms with E-state index in [0.29, 0.717) is 5.65 Å². The third kappa shape index (κ3) is 4.48. The van der Waals surface area contributed by atoms with Gasteiger partial charge in [-0.3, -0.25) is 15.1 Å². The van der Waals surface area contributed by atoms with Gasteiger partial charge >= 0.3 is 0 Å². The molecule has 0 saturated carbocycles. The number of H-pyrrole nitrogens is 2. The van der Waals surface area contributed by atoms with E-state index >= 15 is 0 Å². The molecule has 3 N–H and O–H groups in total. The monoisotopic (exact) mass is 520 g/mol. The number of pyridine rings is 4. The van der Waals surface area contributed by atoms with Crippen molar-refractivity contribution in [1.29, 1.82) is 0 Å². The minimum atomic E-state index is 0.633. The molecule has 0 bridgehead atoms.